The Kier molecular flexibility index (Phi) is 4.56. The van der Waals surface area contributed by atoms with Crippen molar-refractivity contribution < 1.29 is 9.90 Å². The molecule has 0 atom stereocenters. The zero-order chi connectivity index (χ0) is 17.3. The average molecular weight is 324 g/mol. The lowest BCUT2D eigenvalue weighted by atomic mass is 9.95. The molecule has 1 saturated heterocycles. The maximum atomic E-state index is 12.1. The molecule has 24 heavy (non-hydrogen) atoms. The summed E-state index contributed by atoms with van der Waals surface area (Å²) in [5.74, 6) is -0.0309. The largest absolute Gasteiger partial charge is 0.478 e. The van der Waals surface area contributed by atoms with Gasteiger partial charge in [-0.05, 0) is 37.3 Å². The molecule has 1 N–H and O–H groups in total. The quantitative estimate of drug-likeness (QED) is 0.901. The molecular formula is C20H24N2O2. The molecule has 4 heteroatoms. The summed E-state index contributed by atoms with van der Waals surface area (Å²) in [6, 6.07) is 9.96. The van der Waals surface area contributed by atoms with E-state index in [1.165, 1.54) is 0 Å². The lowest BCUT2D eigenvalue weighted by molar-refractivity contribution is 0.0698. The molecule has 0 spiro atoms. The first-order valence-electron chi connectivity index (χ1n) is 8.57. The third-order valence-corrected chi connectivity index (χ3v) is 4.56. The minimum Gasteiger partial charge on any atom is -0.478 e. The summed E-state index contributed by atoms with van der Waals surface area (Å²) >= 11 is 0. The van der Waals surface area contributed by atoms with Crippen molar-refractivity contribution in [3.8, 4) is 11.1 Å². The summed E-state index contributed by atoms with van der Waals surface area (Å²) in [4.78, 5) is 18.9. The number of nitrogens with zero attached hydrogens (tertiary/aromatic N) is 2. The Morgan fingerprint density at radius 2 is 1.92 bits per heavy atom. The number of rotatable bonds is 4. The highest BCUT2D eigenvalue weighted by Gasteiger charge is 2.26. The van der Waals surface area contributed by atoms with Gasteiger partial charge in [-0.15, -0.1) is 0 Å². The van der Waals surface area contributed by atoms with Gasteiger partial charge in [0.15, 0.2) is 0 Å². The summed E-state index contributed by atoms with van der Waals surface area (Å²) in [6.07, 6.45) is 2.18. The number of hydrogen-bond acceptors (Lipinski definition) is 3. The van der Waals surface area contributed by atoms with E-state index < -0.39 is 5.97 Å². The number of aromatic nitrogens is 1. The highest BCUT2D eigenvalue weighted by Crippen LogP contribution is 2.34. The first-order valence-corrected chi connectivity index (χ1v) is 8.57. The predicted octanol–water partition coefficient (Wildman–Crippen LogP) is 4.48. The van der Waals surface area contributed by atoms with Crippen LogP contribution in [0.1, 0.15) is 54.2 Å². The lowest BCUT2D eigenvalue weighted by Gasteiger charge is -2.23. The van der Waals surface area contributed by atoms with Gasteiger partial charge in [0.05, 0.1) is 0 Å². The molecule has 3 rings (SSSR count). The van der Waals surface area contributed by atoms with Gasteiger partial charge >= 0.3 is 5.97 Å². The van der Waals surface area contributed by atoms with Crippen LogP contribution < -0.4 is 4.90 Å². The second kappa shape index (κ2) is 6.63. The van der Waals surface area contributed by atoms with Gasteiger partial charge < -0.3 is 10.0 Å². The highest BCUT2D eigenvalue weighted by atomic mass is 16.4. The van der Waals surface area contributed by atoms with Crippen LogP contribution in [0, 0.1) is 6.92 Å². The average Bonchev–Trinajstić information content (AvgIpc) is 3.07. The van der Waals surface area contributed by atoms with Crippen molar-refractivity contribution >= 4 is 11.8 Å². The molecule has 0 saturated carbocycles. The Labute approximate surface area is 143 Å². The van der Waals surface area contributed by atoms with Crippen LogP contribution in [-0.2, 0) is 0 Å². The Morgan fingerprint density at radius 3 is 2.50 bits per heavy atom. The molecular weight excluding hydrogens is 300 g/mol. The Bertz CT molecular complexity index is 762. The van der Waals surface area contributed by atoms with Gasteiger partial charge in [0, 0.05) is 24.3 Å². The summed E-state index contributed by atoms with van der Waals surface area (Å²) in [5, 5.41) is 9.90. The SMILES string of the molecule is Cc1cccc(-c2cc(C(C)C)nc(N3CCCC3)c2C(=O)O)c1. The molecule has 126 valence electrons. The zero-order valence-corrected chi connectivity index (χ0v) is 14.5. The van der Waals surface area contributed by atoms with Crippen molar-refractivity contribution in [3.63, 3.8) is 0 Å². The molecule has 1 aliphatic rings. The number of hydrogen-bond donors (Lipinski definition) is 1. The molecule has 1 fully saturated rings. The molecule has 0 unspecified atom stereocenters. The monoisotopic (exact) mass is 324 g/mol. The molecule has 0 amide bonds. The highest BCUT2D eigenvalue weighted by molar-refractivity contribution is 6.01. The lowest BCUT2D eigenvalue weighted by Crippen LogP contribution is -2.23. The molecule has 1 aliphatic heterocycles. The maximum Gasteiger partial charge on any atom is 0.340 e. The molecule has 0 aliphatic carbocycles. The van der Waals surface area contributed by atoms with Crippen LogP contribution in [0.3, 0.4) is 0 Å². The third kappa shape index (κ3) is 3.14. The molecule has 2 aromatic rings. The molecule has 1 aromatic carbocycles. The van der Waals surface area contributed by atoms with Crippen LogP contribution in [0.2, 0.25) is 0 Å². The minimum atomic E-state index is -0.906. The van der Waals surface area contributed by atoms with E-state index in [2.05, 4.69) is 18.7 Å². The van der Waals surface area contributed by atoms with E-state index in [4.69, 9.17) is 4.98 Å². The van der Waals surface area contributed by atoms with Crippen LogP contribution in [0.15, 0.2) is 30.3 Å². The van der Waals surface area contributed by atoms with Crippen LogP contribution in [0.5, 0.6) is 0 Å². The van der Waals surface area contributed by atoms with Crippen LogP contribution >= 0.6 is 0 Å². The van der Waals surface area contributed by atoms with E-state index in [-0.39, 0.29) is 5.92 Å². The zero-order valence-electron chi connectivity index (χ0n) is 14.5. The number of anilines is 1. The summed E-state index contributed by atoms with van der Waals surface area (Å²) in [7, 11) is 0. The molecule has 1 aromatic heterocycles. The van der Waals surface area contributed by atoms with Crippen molar-refractivity contribution in [2.24, 2.45) is 0 Å². The number of carboxylic acid groups (broad SMARTS) is 1. The van der Waals surface area contributed by atoms with E-state index in [0.29, 0.717) is 11.4 Å². The Hall–Kier alpha value is -2.36. The van der Waals surface area contributed by atoms with Gasteiger partial charge in [-0.3, -0.25) is 0 Å². The fraction of sp³-hybridized carbons (Fsp3) is 0.400. The van der Waals surface area contributed by atoms with Crippen LogP contribution in [0.25, 0.3) is 11.1 Å². The second-order valence-electron chi connectivity index (χ2n) is 6.82. The standard InChI is InChI=1S/C20H24N2O2/c1-13(2)17-12-16(15-8-6-7-14(3)11-15)18(20(23)24)19(21-17)22-9-4-5-10-22/h6-8,11-13H,4-5,9-10H2,1-3H3,(H,23,24). The van der Waals surface area contributed by atoms with E-state index in [1.54, 1.807) is 0 Å². The van der Waals surface area contributed by atoms with E-state index in [9.17, 15) is 9.90 Å². The van der Waals surface area contributed by atoms with E-state index in [1.807, 2.05) is 37.3 Å². The van der Waals surface area contributed by atoms with Crippen molar-refractivity contribution in [1.82, 2.24) is 4.98 Å². The Morgan fingerprint density at radius 1 is 1.21 bits per heavy atom. The predicted molar refractivity (Wildman–Crippen MR) is 96.9 cm³/mol. The van der Waals surface area contributed by atoms with E-state index >= 15 is 0 Å². The number of pyridine rings is 1. The minimum absolute atomic E-state index is 0.248. The first kappa shape index (κ1) is 16.5. The number of benzene rings is 1. The maximum absolute atomic E-state index is 12.1. The molecule has 4 nitrogen and oxygen atoms in total. The van der Waals surface area contributed by atoms with Crippen LogP contribution in [-0.4, -0.2) is 29.1 Å². The third-order valence-electron chi connectivity index (χ3n) is 4.56. The Balaban J connectivity index is 2.27. The van der Waals surface area contributed by atoms with Gasteiger partial charge in [-0.25, -0.2) is 9.78 Å². The van der Waals surface area contributed by atoms with Gasteiger partial charge in [-0.1, -0.05) is 43.7 Å². The normalized spacial score (nSPS) is 14.4. The molecule has 2 heterocycles. The van der Waals surface area contributed by atoms with Crippen molar-refractivity contribution in [1.29, 1.82) is 0 Å². The smallest absolute Gasteiger partial charge is 0.340 e. The molecule has 0 bridgehead atoms. The van der Waals surface area contributed by atoms with Gasteiger partial charge in [-0.2, -0.15) is 0 Å². The number of aryl methyl sites for hydroxylation is 1. The fourth-order valence-electron chi connectivity index (χ4n) is 3.26. The fourth-order valence-corrected chi connectivity index (χ4v) is 3.26. The summed E-state index contributed by atoms with van der Waals surface area (Å²) in [5.41, 5.74) is 4.10. The van der Waals surface area contributed by atoms with Crippen molar-refractivity contribution in [2.75, 3.05) is 18.0 Å². The number of aromatic carboxylic acids is 1. The topological polar surface area (TPSA) is 53.4 Å². The second-order valence-corrected chi connectivity index (χ2v) is 6.82. The van der Waals surface area contributed by atoms with Gasteiger partial charge in [0.2, 0.25) is 0 Å². The molecule has 0 radical (unpaired) electrons. The summed E-state index contributed by atoms with van der Waals surface area (Å²) in [6.45, 7) is 7.97. The van der Waals surface area contributed by atoms with E-state index in [0.717, 1.165) is 48.3 Å². The van der Waals surface area contributed by atoms with Gasteiger partial charge in [0.25, 0.3) is 0 Å². The summed E-state index contributed by atoms with van der Waals surface area (Å²) < 4.78 is 0. The number of carboxylic acids is 1. The van der Waals surface area contributed by atoms with Crippen molar-refractivity contribution in [2.45, 2.75) is 39.5 Å². The first-order chi connectivity index (χ1) is 11.5. The van der Waals surface area contributed by atoms with Crippen LogP contribution in [0.4, 0.5) is 5.82 Å². The van der Waals surface area contributed by atoms with Gasteiger partial charge in [0.1, 0.15) is 11.4 Å². The van der Waals surface area contributed by atoms with Crippen molar-refractivity contribution in [3.05, 3.63) is 47.2 Å². The number of carbonyl (C=O) groups is 1.